The van der Waals surface area contributed by atoms with Crippen molar-refractivity contribution in [3.05, 3.63) is 65.5 Å². The summed E-state index contributed by atoms with van der Waals surface area (Å²) in [6.45, 7) is 4.82. The van der Waals surface area contributed by atoms with Gasteiger partial charge in [-0.2, -0.15) is 0 Å². The fourth-order valence-electron chi connectivity index (χ4n) is 2.76. The Morgan fingerprint density at radius 2 is 1.96 bits per heavy atom. The molecule has 0 fully saturated rings. The van der Waals surface area contributed by atoms with Crippen LogP contribution >= 0.6 is 11.8 Å². The minimum Gasteiger partial charge on any atom is -0.497 e. The molecule has 0 aliphatic heterocycles. The SMILES string of the molecule is CCn1c(CC(=O)Nc2cccc(OC)c2)nnc1SCc1ccc(C)cc1. The van der Waals surface area contributed by atoms with E-state index in [2.05, 4.69) is 46.7 Å². The van der Waals surface area contributed by atoms with E-state index in [0.29, 0.717) is 23.8 Å². The molecule has 0 aliphatic carbocycles. The molecule has 1 N–H and O–H groups in total. The van der Waals surface area contributed by atoms with Gasteiger partial charge >= 0.3 is 0 Å². The van der Waals surface area contributed by atoms with Gasteiger partial charge in [-0.15, -0.1) is 10.2 Å². The Balaban J connectivity index is 1.63. The van der Waals surface area contributed by atoms with Crippen LogP contribution in [0.2, 0.25) is 0 Å². The van der Waals surface area contributed by atoms with Crippen LogP contribution in [0.15, 0.2) is 53.7 Å². The van der Waals surface area contributed by atoms with Gasteiger partial charge in [0, 0.05) is 24.1 Å². The molecule has 1 amide bonds. The van der Waals surface area contributed by atoms with Gasteiger partial charge in [-0.3, -0.25) is 4.79 Å². The van der Waals surface area contributed by atoms with Crippen molar-refractivity contribution in [1.29, 1.82) is 0 Å². The summed E-state index contributed by atoms with van der Waals surface area (Å²) in [4.78, 5) is 12.4. The van der Waals surface area contributed by atoms with Crippen LogP contribution in [-0.2, 0) is 23.5 Å². The van der Waals surface area contributed by atoms with Gasteiger partial charge in [-0.1, -0.05) is 47.7 Å². The van der Waals surface area contributed by atoms with Crippen molar-refractivity contribution in [2.75, 3.05) is 12.4 Å². The number of methoxy groups -OCH3 is 1. The number of nitrogens with zero attached hydrogens (tertiary/aromatic N) is 3. The third kappa shape index (κ3) is 5.13. The smallest absolute Gasteiger partial charge is 0.232 e. The maximum absolute atomic E-state index is 12.4. The number of amides is 1. The Morgan fingerprint density at radius 3 is 2.68 bits per heavy atom. The summed E-state index contributed by atoms with van der Waals surface area (Å²) in [5.74, 6) is 2.04. The maximum Gasteiger partial charge on any atom is 0.232 e. The molecule has 28 heavy (non-hydrogen) atoms. The summed E-state index contributed by atoms with van der Waals surface area (Å²) in [6, 6.07) is 15.7. The highest BCUT2D eigenvalue weighted by atomic mass is 32.2. The second-order valence-electron chi connectivity index (χ2n) is 6.37. The second kappa shape index (κ2) is 9.41. The Bertz CT molecular complexity index is 938. The van der Waals surface area contributed by atoms with Crippen molar-refractivity contribution >= 4 is 23.4 Å². The third-order valence-corrected chi connectivity index (χ3v) is 5.31. The van der Waals surface area contributed by atoms with E-state index in [4.69, 9.17) is 4.74 Å². The molecule has 146 valence electrons. The van der Waals surface area contributed by atoms with Gasteiger partial charge in [0.1, 0.15) is 11.6 Å². The lowest BCUT2D eigenvalue weighted by atomic mass is 10.2. The van der Waals surface area contributed by atoms with Crippen LogP contribution in [0.3, 0.4) is 0 Å². The van der Waals surface area contributed by atoms with Gasteiger partial charge < -0.3 is 14.6 Å². The van der Waals surface area contributed by atoms with Crippen molar-refractivity contribution in [3.8, 4) is 5.75 Å². The van der Waals surface area contributed by atoms with E-state index in [1.807, 2.05) is 29.7 Å². The number of aryl methyl sites for hydroxylation is 1. The second-order valence-corrected chi connectivity index (χ2v) is 7.32. The number of nitrogens with one attached hydrogen (secondary N) is 1. The van der Waals surface area contributed by atoms with E-state index >= 15 is 0 Å². The van der Waals surface area contributed by atoms with Crippen molar-refractivity contribution in [3.63, 3.8) is 0 Å². The van der Waals surface area contributed by atoms with Gasteiger partial charge in [0.05, 0.1) is 13.5 Å². The number of ether oxygens (including phenoxy) is 1. The Hall–Kier alpha value is -2.80. The third-order valence-electron chi connectivity index (χ3n) is 4.27. The van der Waals surface area contributed by atoms with E-state index in [9.17, 15) is 4.79 Å². The monoisotopic (exact) mass is 396 g/mol. The Morgan fingerprint density at radius 1 is 1.18 bits per heavy atom. The zero-order valence-corrected chi connectivity index (χ0v) is 17.1. The first-order valence-corrected chi connectivity index (χ1v) is 10.1. The van der Waals surface area contributed by atoms with Crippen LogP contribution < -0.4 is 10.1 Å². The van der Waals surface area contributed by atoms with Crippen LogP contribution in [0.5, 0.6) is 5.75 Å². The van der Waals surface area contributed by atoms with Crippen LogP contribution in [0, 0.1) is 6.92 Å². The average Bonchev–Trinajstić information content (AvgIpc) is 3.09. The minimum absolute atomic E-state index is 0.134. The van der Waals surface area contributed by atoms with Crippen LogP contribution in [-0.4, -0.2) is 27.8 Å². The fraction of sp³-hybridized carbons (Fsp3) is 0.286. The highest BCUT2D eigenvalue weighted by Gasteiger charge is 2.15. The molecule has 2 aromatic carbocycles. The molecular formula is C21H24N4O2S. The molecular weight excluding hydrogens is 372 g/mol. The van der Waals surface area contributed by atoms with Crippen molar-refractivity contribution in [1.82, 2.24) is 14.8 Å². The zero-order valence-electron chi connectivity index (χ0n) is 16.3. The van der Waals surface area contributed by atoms with E-state index in [0.717, 1.165) is 10.9 Å². The predicted octanol–water partition coefficient (Wildman–Crippen LogP) is 4.09. The van der Waals surface area contributed by atoms with Crippen LogP contribution in [0.1, 0.15) is 23.9 Å². The lowest BCUT2D eigenvalue weighted by Gasteiger charge is -2.09. The molecule has 6 nitrogen and oxygen atoms in total. The summed E-state index contributed by atoms with van der Waals surface area (Å²) in [6.07, 6.45) is 0.170. The quantitative estimate of drug-likeness (QED) is 0.581. The van der Waals surface area contributed by atoms with E-state index in [1.54, 1.807) is 24.9 Å². The predicted molar refractivity (Wildman–Crippen MR) is 112 cm³/mol. The molecule has 3 aromatic rings. The minimum atomic E-state index is -0.134. The Kier molecular flexibility index (Phi) is 6.71. The zero-order chi connectivity index (χ0) is 19.9. The normalized spacial score (nSPS) is 10.7. The molecule has 1 aromatic heterocycles. The lowest BCUT2D eigenvalue weighted by molar-refractivity contribution is -0.115. The summed E-state index contributed by atoms with van der Waals surface area (Å²) in [7, 11) is 1.60. The fourth-order valence-corrected chi connectivity index (χ4v) is 3.73. The lowest BCUT2D eigenvalue weighted by Crippen LogP contribution is -2.17. The number of carbonyl (C=O) groups excluding carboxylic acids is 1. The number of carbonyl (C=O) groups is 1. The first kappa shape index (κ1) is 19.9. The van der Waals surface area contributed by atoms with Gasteiger partial charge in [0.15, 0.2) is 5.16 Å². The molecule has 0 bridgehead atoms. The maximum atomic E-state index is 12.4. The topological polar surface area (TPSA) is 69.0 Å². The molecule has 0 saturated heterocycles. The number of rotatable bonds is 8. The molecule has 0 saturated carbocycles. The van der Waals surface area contributed by atoms with Gasteiger partial charge in [0.25, 0.3) is 0 Å². The van der Waals surface area contributed by atoms with Gasteiger partial charge in [0.2, 0.25) is 5.91 Å². The molecule has 3 rings (SSSR count). The number of benzene rings is 2. The van der Waals surface area contributed by atoms with Crippen LogP contribution in [0.25, 0.3) is 0 Å². The highest BCUT2D eigenvalue weighted by Crippen LogP contribution is 2.23. The molecule has 0 radical (unpaired) electrons. The molecule has 0 spiro atoms. The number of anilines is 1. The summed E-state index contributed by atoms with van der Waals surface area (Å²) < 4.78 is 7.17. The van der Waals surface area contributed by atoms with Gasteiger partial charge in [-0.25, -0.2) is 0 Å². The average molecular weight is 397 g/mol. The first-order valence-electron chi connectivity index (χ1n) is 9.13. The van der Waals surface area contributed by atoms with Crippen LogP contribution in [0.4, 0.5) is 5.69 Å². The van der Waals surface area contributed by atoms with Gasteiger partial charge in [-0.05, 0) is 31.5 Å². The highest BCUT2D eigenvalue weighted by molar-refractivity contribution is 7.98. The number of thioether (sulfide) groups is 1. The number of hydrogen-bond donors (Lipinski definition) is 1. The molecule has 7 heteroatoms. The standard InChI is InChI=1S/C21H24N4O2S/c1-4-25-19(13-20(26)22-17-6-5-7-18(12-17)27-3)23-24-21(25)28-14-16-10-8-15(2)9-11-16/h5-12H,4,13-14H2,1-3H3,(H,22,26). The molecule has 0 aliphatic rings. The van der Waals surface area contributed by atoms with Crippen molar-refractivity contribution in [2.24, 2.45) is 0 Å². The first-order chi connectivity index (χ1) is 13.6. The van der Waals surface area contributed by atoms with Crippen molar-refractivity contribution in [2.45, 2.75) is 37.7 Å². The van der Waals surface area contributed by atoms with E-state index in [-0.39, 0.29) is 12.3 Å². The molecule has 0 atom stereocenters. The number of hydrogen-bond acceptors (Lipinski definition) is 5. The summed E-state index contributed by atoms with van der Waals surface area (Å²) in [5.41, 5.74) is 3.18. The Labute approximate surface area is 169 Å². The summed E-state index contributed by atoms with van der Waals surface area (Å²) >= 11 is 1.63. The van der Waals surface area contributed by atoms with Crippen molar-refractivity contribution < 1.29 is 9.53 Å². The molecule has 1 heterocycles. The largest absolute Gasteiger partial charge is 0.497 e. The van der Waals surface area contributed by atoms with E-state index < -0.39 is 0 Å². The number of aromatic nitrogens is 3. The van der Waals surface area contributed by atoms with E-state index in [1.165, 1.54) is 11.1 Å². The molecule has 0 unspecified atom stereocenters. The summed E-state index contributed by atoms with van der Waals surface area (Å²) in [5, 5.41) is 12.2.